The van der Waals surface area contributed by atoms with E-state index in [9.17, 15) is 4.79 Å². The average molecular weight is 342 g/mol. The molecular weight excluding hydrogens is 310 g/mol. The van der Waals surface area contributed by atoms with Crippen molar-refractivity contribution in [2.24, 2.45) is 11.8 Å². The number of hydrogen-bond acceptors (Lipinski definition) is 5. The zero-order valence-electron chi connectivity index (χ0n) is 15.4. The Morgan fingerprint density at radius 3 is 2.43 bits per heavy atom. The molecule has 0 aliphatic carbocycles. The molecule has 0 spiro atoms. The molecule has 1 rings (SSSR count). The number of hydrogen-bond donors (Lipinski definition) is 2. The third-order valence-corrected chi connectivity index (χ3v) is 4.64. The van der Waals surface area contributed by atoms with Gasteiger partial charge in [0.2, 0.25) is 0 Å². The third kappa shape index (κ3) is 7.79. The predicted octanol–water partition coefficient (Wildman–Crippen LogP) is 3.90. The number of nitrogens with one attached hydrogen (secondary N) is 2. The Balaban J connectivity index is 2.44. The summed E-state index contributed by atoms with van der Waals surface area (Å²) in [6.07, 6.45) is 1.55. The van der Waals surface area contributed by atoms with Crippen LogP contribution < -0.4 is 10.6 Å². The first-order valence-corrected chi connectivity index (χ1v) is 9.02. The first-order chi connectivity index (χ1) is 10.6. The number of aromatic nitrogens is 1. The Hall–Kier alpha value is -1.14. The first kappa shape index (κ1) is 19.9. The number of aryl methyl sites for hydroxylation is 1. The van der Waals surface area contributed by atoms with E-state index in [1.54, 1.807) is 11.3 Å². The summed E-state index contributed by atoms with van der Waals surface area (Å²) in [7, 11) is 0. The minimum absolute atomic E-state index is 0.219. The topological polar surface area (TPSA) is 63.2 Å². The number of carbonyl (C=O) groups is 1. The number of alkyl carbamates (subject to hydrolysis) is 1. The average Bonchev–Trinajstić information content (AvgIpc) is 2.82. The van der Waals surface area contributed by atoms with Crippen molar-refractivity contribution in [3.63, 3.8) is 0 Å². The van der Waals surface area contributed by atoms with Crippen molar-refractivity contribution in [2.45, 2.75) is 60.1 Å². The van der Waals surface area contributed by atoms with Crippen LogP contribution in [-0.2, 0) is 4.74 Å². The van der Waals surface area contributed by atoms with Gasteiger partial charge in [0, 0.05) is 24.2 Å². The van der Waals surface area contributed by atoms with Crippen LogP contribution in [0.2, 0.25) is 0 Å². The summed E-state index contributed by atoms with van der Waals surface area (Å²) >= 11 is 1.72. The number of rotatable bonds is 7. The summed E-state index contributed by atoms with van der Waals surface area (Å²) in [6, 6.07) is 0.219. The highest BCUT2D eigenvalue weighted by molar-refractivity contribution is 7.11. The Kier molecular flexibility index (Phi) is 7.48. The van der Waals surface area contributed by atoms with Gasteiger partial charge in [-0.25, -0.2) is 9.78 Å². The summed E-state index contributed by atoms with van der Waals surface area (Å²) in [5.74, 6) is 0.800. The van der Waals surface area contributed by atoms with Gasteiger partial charge >= 0.3 is 6.09 Å². The molecule has 2 unspecified atom stereocenters. The standard InChI is InChI=1S/C17H31N3O2S/c1-11(2)14(10-20-16(21)22-17(5,6)7)9-18-13(4)15-19-8-12(3)23-15/h8,11,13-14,18H,9-10H2,1-7H3,(H,20,21). The van der Waals surface area contributed by atoms with Gasteiger partial charge in [-0.2, -0.15) is 0 Å². The van der Waals surface area contributed by atoms with Crippen LogP contribution in [0.5, 0.6) is 0 Å². The van der Waals surface area contributed by atoms with Gasteiger partial charge in [-0.3, -0.25) is 0 Å². The SMILES string of the molecule is Cc1cnc(C(C)NCC(CNC(=O)OC(C)(C)C)C(C)C)s1. The molecule has 0 radical (unpaired) electrons. The number of amides is 1. The molecule has 0 saturated heterocycles. The van der Waals surface area contributed by atoms with E-state index < -0.39 is 5.60 Å². The molecule has 132 valence electrons. The van der Waals surface area contributed by atoms with E-state index in [4.69, 9.17) is 4.74 Å². The smallest absolute Gasteiger partial charge is 0.407 e. The van der Waals surface area contributed by atoms with Crippen LogP contribution >= 0.6 is 11.3 Å². The molecule has 2 atom stereocenters. The van der Waals surface area contributed by atoms with Crippen LogP contribution in [0.25, 0.3) is 0 Å². The molecule has 0 aliphatic rings. The second-order valence-electron chi connectivity index (χ2n) is 7.33. The summed E-state index contributed by atoms with van der Waals surface area (Å²) in [5, 5.41) is 7.50. The summed E-state index contributed by atoms with van der Waals surface area (Å²) in [4.78, 5) is 17.4. The zero-order chi connectivity index (χ0) is 17.6. The molecule has 1 aromatic heterocycles. The van der Waals surface area contributed by atoms with Crippen molar-refractivity contribution in [1.29, 1.82) is 0 Å². The number of nitrogens with zero attached hydrogens (tertiary/aromatic N) is 1. The van der Waals surface area contributed by atoms with E-state index in [1.807, 2.05) is 27.0 Å². The molecule has 1 heterocycles. The Bertz CT molecular complexity index is 494. The highest BCUT2D eigenvalue weighted by Gasteiger charge is 2.20. The molecule has 23 heavy (non-hydrogen) atoms. The number of thiazole rings is 1. The van der Waals surface area contributed by atoms with Crippen molar-refractivity contribution in [3.05, 3.63) is 16.1 Å². The van der Waals surface area contributed by atoms with E-state index in [-0.39, 0.29) is 12.1 Å². The molecule has 0 aromatic carbocycles. The summed E-state index contributed by atoms with van der Waals surface area (Å²) in [6.45, 7) is 15.6. The fraction of sp³-hybridized carbons (Fsp3) is 0.765. The molecule has 0 saturated carbocycles. The third-order valence-electron chi connectivity index (χ3n) is 3.55. The maximum absolute atomic E-state index is 11.8. The van der Waals surface area contributed by atoms with E-state index in [0.29, 0.717) is 18.4 Å². The lowest BCUT2D eigenvalue weighted by Crippen LogP contribution is -2.40. The molecule has 5 nitrogen and oxygen atoms in total. The Labute approximate surface area is 144 Å². The van der Waals surface area contributed by atoms with Crippen molar-refractivity contribution in [3.8, 4) is 0 Å². The fourth-order valence-corrected chi connectivity index (χ4v) is 2.86. The molecule has 6 heteroatoms. The van der Waals surface area contributed by atoms with Crippen molar-refractivity contribution >= 4 is 17.4 Å². The highest BCUT2D eigenvalue weighted by atomic mass is 32.1. The van der Waals surface area contributed by atoms with Gasteiger partial charge in [-0.05, 0) is 46.5 Å². The maximum atomic E-state index is 11.8. The highest BCUT2D eigenvalue weighted by Crippen LogP contribution is 2.20. The fourth-order valence-electron chi connectivity index (χ4n) is 2.06. The summed E-state index contributed by atoms with van der Waals surface area (Å²) < 4.78 is 5.29. The van der Waals surface area contributed by atoms with Crippen LogP contribution in [0, 0.1) is 18.8 Å². The lowest BCUT2D eigenvalue weighted by Gasteiger charge is -2.25. The quantitative estimate of drug-likeness (QED) is 0.789. The van der Waals surface area contributed by atoms with E-state index in [0.717, 1.165) is 11.6 Å². The number of ether oxygens (including phenoxy) is 1. The van der Waals surface area contributed by atoms with Crippen LogP contribution in [0.4, 0.5) is 4.79 Å². The summed E-state index contributed by atoms with van der Waals surface area (Å²) in [5.41, 5.74) is -0.465. The number of carbonyl (C=O) groups excluding carboxylic acids is 1. The predicted molar refractivity (Wildman–Crippen MR) is 95.8 cm³/mol. The van der Waals surface area contributed by atoms with Gasteiger partial charge in [0.25, 0.3) is 0 Å². The lowest BCUT2D eigenvalue weighted by atomic mass is 9.95. The van der Waals surface area contributed by atoms with E-state index in [1.165, 1.54) is 4.88 Å². The molecule has 1 amide bonds. The van der Waals surface area contributed by atoms with Crippen LogP contribution in [0.3, 0.4) is 0 Å². The second kappa shape index (κ2) is 8.64. The lowest BCUT2D eigenvalue weighted by molar-refractivity contribution is 0.0514. The maximum Gasteiger partial charge on any atom is 0.407 e. The van der Waals surface area contributed by atoms with Crippen LogP contribution in [0.15, 0.2) is 6.20 Å². The zero-order valence-corrected chi connectivity index (χ0v) is 16.2. The molecule has 0 aliphatic heterocycles. The van der Waals surface area contributed by atoms with Gasteiger partial charge in [-0.15, -0.1) is 11.3 Å². The van der Waals surface area contributed by atoms with Gasteiger partial charge in [0.05, 0.1) is 6.04 Å². The van der Waals surface area contributed by atoms with Crippen LogP contribution in [0.1, 0.15) is 57.5 Å². The second-order valence-corrected chi connectivity index (χ2v) is 8.59. The van der Waals surface area contributed by atoms with E-state index in [2.05, 4.69) is 43.3 Å². The molecule has 2 N–H and O–H groups in total. The van der Waals surface area contributed by atoms with Crippen LogP contribution in [-0.4, -0.2) is 29.8 Å². The molecular formula is C17H31N3O2S. The molecule has 1 aromatic rings. The minimum Gasteiger partial charge on any atom is -0.444 e. The van der Waals surface area contributed by atoms with Crippen molar-refractivity contribution < 1.29 is 9.53 Å². The van der Waals surface area contributed by atoms with Gasteiger partial charge in [0.1, 0.15) is 10.6 Å². The largest absolute Gasteiger partial charge is 0.444 e. The minimum atomic E-state index is -0.465. The Morgan fingerprint density at radius 1 is 1.30 bits per heavy atom. The normalized spacial score (nSPS) is 14.6. The Morgan fingerprint density at radius 2 is 1.96 bits per heavy atom. The van der Waals surface area contributed by atoms with E-state index >= 15 is 0 Å². The van der Waals surface area contributed by atoms with Crippen molar-refractivity contribution in [1.82, 2.24) is 15.6 Å². The van der Waals surface area contributed by atoms with Crippen molar-refractivity contribution in [2.75, 3.05) is 13.1 Å². The monoisotopic (exact) mass is 341 g/mol. The van der Waals surface area contributed by atoms with Gasteiger partial charge in [-0.1, -0.05) is 13.8 Å². The first-order valence-electron chi connectivity index (χ1n) is 8.21. The molecule has 0 fully saturated rings. The molecule has 0 bridgehead atoms. The van der Waals surface area contributed by atoms with Gasteiger partial charge in [0.15, 0.2) is 0 Å². The van der Waals surface area contributed by atoms with Gasteiger partial charge < -0.3 is 15.4 Å².